The first kappa shape index (κ1) is 36.7. The second kappa shape index (κ2) is 18.4. The largest absolute Gasteiger partial charge is 0.450 e. The fourth-order valence-electron chi connectivity index (χ4n) is 5.48. The number of terminal acetylenes is 1. The number of para-hydroxylation sites is 1. The Balaban J connectivity index is 0.000000206. The molecule has 1 aromatic carbocycles. The van der Waals surface area contributed by atoms with Crippen molar-refractivity contribution in [2.45, 2.75) is 77.4 Å². The number of carbonyl (C=O) groups excluding carboxylic acids is 1. The molecule has 10 nitrogen and oxygen atoms in total. The third kappa shape index (κ3) is 10.9. The van der Waals surface area contributed by atoms with Gasteiger partial charge in [-0.25, -0.2) is 9.97 Å². The molecule has 2 aliphatic heterocycles. The number of hydrogen-bond acceptors (Lipinski definition) is 9. The number of ether oxygens (including phenoxy) is 2. The van der Waals surface area contributed by atoms with Gasteiger partial charge in [0.15, 0.2) is 17.2 Å². The highest BCUT2D eigenvalue weighted by atomic mass is 35.5. The van der Waals surface area contributed by atoms with Gasteiger partial charge in [-0.05, 0) is 90.1 Å². The van der Waals surface area contributed by atoms with Gasteiger partial charge in [0.25, 0.3) is 5.56 Å². The average Bonchev–Trinajstić information content (AvgIpc) is 3.75. The number of benzene rings is 1. The normalized spacial score (nSPS) is 15.1. The van der Waals surface area contributed by atoms with Crippen LogP contribution in [0.25, 0.3) is 22.1 Å². The highest BCUT2D eigenvalue weighted by Gasteiger charge is 2.22. The predicted molar refractivity (Wildman–Crippen MR) is 191 cm³/mol. The van der Waals surface area contributed by atoms with Gasteiger partial charge in [0, 0.05) is 36.7 Å². The maximum absolute atomic E-state index is 11.5. The number of piperidine rings is 1. The number of unbranched alkanes of at least 4 members (excludes halogenated alkanes) is 1. The molecule has 256 valence electrons. The third-order valence-electron chi connectivity index (χ3n) is 7.76. The minimum Gasteiger partial charge on any atom is -0.450 e. The molecule has 2 N–H and O–H groups in total. The number of aromatic nitrogens is 3. The van der Waals surface area contributed by atoms with Crippen molar-refractivity contribution in [1.29, 1.82) is 0 Å². The molecule has 6 rings (SSSR count). The van der Waals surface area contributed by atoms with Crippen LogP contribution in [-0.4, -0.2) is 59.6 Å². The van der Waals surface area contributed by atoms with Crippen LogP contribution in [0.4, 0.5) is 5.82 Å². The first-order valence-corrected chi connectivity index (χ1v) is 16.9. The van der Waals surface area contributed by atoms with Crippen LogP contribution in [0, 0.1) is 12.5 Å². The topological polar surface area (TPSA) is 123 Å². The van der Waals surface area contributed by atoms with Crippen LogP contribution in [0.5, 0.6) is 0 Å². The number of anilines is 1. The SMILES string of the molecule is C#COC(C)(C)C.O=CCC/C=C/COCc1nc(N2CCCC2)c2oc3ccccc3c2n1.O=c1[nH]cc(Cl)cc1C1CCNCC1. The quantitative estimate of drug-likeness (QED) is 0.0843. The Morgan fingerprint density at radius 2 is 1.88 bits per heavy atom. The molecule has 4 aromatic rings. The summed E-state index contributed by atoms with van der Waals surface area (Å²) in [6.07, 6.45) is 19.0. The average molecular weight is 676 g/mol. The van der Waals surface area contributed by atoms with Crippen molar-refractivity contribution in [2.24, 2.45) is 0 Å². The number of pyridine rings is 1. The maximum Gasteiger partial charge on any atom is 0.251 e. The van der Waals surface area contributed by atoms with E-state index in [1.54, 1.807) is 6.07 Å². The highest BCUT2D eigenvalue weighted by Crippen LogP contribution is 2.34. The van der Waals surface area contributed by atoms with E-state index in [9.17, 15) is 9.59 Å². The molecule has 0 aliphatic carbocycles. The van der Waals surface area contributed by atoms with Crippen LogP contribution in [0.3, 0.4) is 0 Å². The number of H-pyrrole nitrogens is 1. The van der Waals surface area contributed by atoms with Gasteiger partial charge in [-0.15, -0.1) is 0 Å². The summed E-state index contributed by atoms with van der Waals surface area (Å²) in [5.74, 6) is 1.89. The summed E-state index contributed by atoms with van der Waals surface area (Å²) >= 11 is 5.85. The van der Waals surface area contributed by atoms with E-state index in [0.717, 1.165) is 85.2 Å². The van der Waals surface area contributed by atoms with Gasteiger partial charge in [-0.2, -0.15) is 0 Å². The number of allylic oxidation sites excluding steroid dienone is 1. The van der Waals surface area contributed by atoms with E-state index in [-0.39, 0.29) is 11.2 Å². The number of halogens is 1. The Morgan fingerprint density at radius 1 is 1.12 bits per heavy atom. The Kier molecular flexibility index (Phi) is 14.0. The van der Waals surface area contributed by atoms with E-state index in [0.29, 0.717) is 36.4 Å². The molecule has 0 unspecified atom stereocenters. The molecule has 2 fully saturated rings. The maximum atomic E-state index is 11.5. The molecule has 0 amide bonds. The lowest BCUT2D eigenvalue weighted by atomic mass is 9.91. The van der Waals surface area contributed by atoms with Gasteiger partial charge in [-0.1, -0.05) is 42.3 Å². The molecule has 11 heteroatoms. The Labute approximate surface area is 287 Å². The summed E-state index contributed by atoms with van der Waals surface area (Å²) in [5, 5.41) is 4.89. The standard InChI is InChI=1S/C21H23N3O3.C10H13ClN2O.C6H10O/c25-13-7-1-2-8-14-26-15-18-22-19-16-9-3-4-10-17(16)27-20(19)21(23-18)24-11-5-6-12-24;11-8-5-9(10(14)13-6-8)7-1-3-12-4-2-7;1-5-7-6(2,3)4/h2-4,8-10,13H,1,5-7,11-12,14-15H2;5-7,12H,1-4H2,(H,13,14);1H,2-4H3/b8-2+;;. The highest BCUT2D eigenvalue weighted by molar-refractivity contribution is 6.30. The van der Waals surface area contributed by atoms with Gasteiger partial charge in [0.05, 0.1) is 11.6 Å². The molecular weight excluding hydrogens is 630 g/mol. The van der Waals surface area contributed by atoms with E-state index in [1.807, 2.05) is 57.2 Å². The minimum atomic E-state index is -0.186. The monoisotopic (exact) mass is 675 g/mol. The number of fused-ring (bicyclic) bond motifs is 3. The number of aromatic amines is 1. The van der Waals surface area contributed by atoms with Crippen LogP contribution in [-0.2, 0) is 20.9 Å². The van der Waals surface area contributed by atoms with E-state index < -0.39 is 0 Å². The molecular formula is C37H46ClN5O5. The first-order valence-electron chi connectivity index (χ1n) is 16.5. The van der Waals surface area contributed by atoms with E-state index in [1.165, 1.54) is 19.0 Å². The number of nitrogens with one attached hydrogen (secondary N) is 2. The molecule has 3 aromatic heterocycles. The number of aldehydes is 1. The van der Waals surface area contributed by atoms with Gasteiger partial charge in [-0.3, -0.25) is 4.79 Å². The zero-order valence-corrected chi connectivity index (χ0v) is 28.9. The second-order valence-electron chi connectivity index (χ2n) is 12.6. The zero-order valence-electron chi connectivity index (χ0n) is 28.1. The number of furan rings is 1. The van der Waals surface area contributed by atoms with Crippen molar-refractivity contribution in [1.82, 2.24) is 20.3 Å². The van der Waals surface area contributed by atoms with E-state index >= 15 is 0 Å². The first-order chi connectivity index (χ1) is 23.2. The fourth-order valence-corrected chi connectivity index (χ4v) is 5.66. The lowest BCUT2D eigenvalue weighted by Crippen LogP contribution is -2.29. The van der Waals surface area contributed by atoms with Crippen molar-refractivity contribution < 1.29 is 18.7 Å². The van der Waals surface area contributed by atoms with E-state index in [4.69, 9.17) is 41.9 Å². The van der Waals surface area contributed by atoms with Crippen molar-refractivity contribution in [3.8, 4) is 12.5 Å². The summed E-state index contributed by atoms with van der Waals surface area (Å²) < 4.78 is 16.5. The van der Waals surface area contributed by atoms with Crippen LogP contribution >= 0.6 is 11.6 Å². The fraction of sp³-hybridized carbons (Fsp3) is 0.459. The lowest BCUT2D eigenvalue weighted by molar-refractivity contribution is -0.107. The van der Waals surface area contributed by atoms with E-state index in [2.05, 4.69) is 21.3 Å². The lowest BCUT2D eigenvalue weighted by Gasteiger charge is -2.22. The van der Waals surface area contributed by atoms with Gasteiger partial charge >= 0.3 is 0 Å². The van der Waals surface area contributed by atoms with Gasteiger partial charge < -0.3 is 33.9 Å². The van der Waals surface area contributed by atoms with Crippen molar-refractivity contribution in [3.63, 3.8) is 0 Å². The molecule has 48 heavy (non-hydrogen) atoms. The van der Waals surface area contributed by atoms with Crippen molar-refractivity contribution in [3.05, 3.63) is 75.4 Å². The van der Waals surface area contributed by atoms with Crippen molar-refractivity contribution >= 4 is 45.8 Å². The smallest absolute Gasteiger partial charge is 0.251 e. The Bertz CT molecular complexity index is 1740. The predicted octanol–water partition coefficient (Wildman–Crippen LogP) is 6.92. The molecule has 0 spiro atoms. The summed E-state index contributed by atoms with van der Waals surface area (Å²) in [4.78, 5) is 36.2. The number of hydrogen-bond donors (Lipinski definition) is 2. The number of nitrogens with zero attached hydrogens (tertiary/aromatic N) is 3. The van der Waals surface area contributed by atoms with Crippen LogP contribution < -0.4 is 15.8 Å². The van der Waals surface area contributed by atoms with Crippen LogP contribution in [0.15, 0.2) is 57.9 Å². The minimum absolute atomic E-state index is 0.00120. The van der Waals surface area contributed by atoms with Crippen LogP contribution in [0.1, 0.15) is 76.6 Å². The summed E-state index contributed by atoms with van der Waals surface area (Å²) in [6, 6.07) is 9.74. The molecule has 5 heterocycles. The Morgan fingerprint density at radius 3 is 2.56 bits per heavy atom. The molecule has 0 bridgehead atoms. The molecule has 2 aliphatic rings. The molecule has 2 saturated heterocycles. The van der Waals surface area contributed by atoms with Gasteiger partial charge in [0.1, 0.15) is 35.7 Å². The second-order valence-corrected chi connectivity index (χ2v) is 13.1. The zero-order chi connectivity index (χ0) is 34.4. The number of carbonyl (C=O) groups is 1. The summed E-state index contributed by atoms with van der Waals surface area (Å²) in [6.45, 7) is 10.5. The summed E-state index contributed by atoms with van der Waals surface area (Å²) in [7, 11) is 0. The molecule has 0 atom stereocenters. The number of rotatable bonds is 9. The molecule has 0 saturated carbocycles. The van der Waals surface area contributed by atoms with Gasteiger partial charge in [0.2, 0.25) is 0 Å². The third-order valence-corrected chi connectivity index (χ3v) is 7.98. The van der Waals surface area contributed by atoms with Crippen molar-refractivity contribution in [2.75, 3.05) is 37.7 Å². The summed E-state index contributed by atoms with van der Waals surface area (Å²) in [5.41, 5.74) is 3.09. The van der Waals surface area contributed by atoms with Crippen LogP contribution in [0.2, 0.25) is 5.02 Å². The Hall–Kier alpha value is -4.17. The molecule has 0 radical (unpaired) electrons.